The molecule has 1 aromatic carbocycles. The minimum absolute atomic E-state index is 0.0750. The molecule has 2 saturated heterocycles. The summed E-state index contributed by atoms with van der Waals surface area (Å²) < 4.78 is 13.9. The van der Waals surface area contributed by atoms with Gasteiger partial charge in [0.1, 0.15) is 5.82 Å². The lowest BCUT2D eigenvalue weighted by Gasteiger charge is -2.36. The molecular formula is C15H18ClFN2O2. The Morgan fingerprint density at radius 3 is 2.81 bits per heavy atom. The van der Waals surface area contributed by atoms with Crippen LogP contribution in [0.3, 0.4) is 0 Å². The molecule has 2 bridgehead atoms. The lowest BCUT2D eigenvalue weighted by atomic mass is 10.0. The first-order valence-corrected chi connectivity index (χ1v) is 7.53. The Bertz CT molecular complexity index is 548. The lowest BCUT2D eigenvalue weighted by Crippen LogP contribution is -2.51. The standard InChI is InChI=1S/C15H18ClFN2O2/c1-9(5-12-13(16)3-2-4-14(12)17)18-7-11-6-10(18)8-19(11)15(20)21/h2-4,9-11H,5-8H2,1H3,(H,20,21). The molecule has 3 atom stereocenters. The number of fused-ring (bicyclic) bond motifs is 2. The maximum atomic E-state index is 13.9. The second kappa shape index (κ2) is 5.46. The Morgan fingerprint density at radius 2 is 2.24 bits per heavy atom. The highest BCUT2D eigenvalue weighted by molar-refractivity contribution is 6.31. The molecule has 0 radical (unpaired) electrons. The van der Waals surface area contributed by atoms with Gasteiger partial charge in [-0.15, -0.1) is 0 Å². The number of nitrogens with zero attached hydrogens (tertiary/aromatic N) is 2. The average Bonchev–Trinajstić information content (AvgIpc) is 3.02. The number of carbonyl (C=O) groups is 1. The monoisotopic (exact) mass is 312 g/mol. The van der Waals surface area contributed by atoms with Crippen LogP contribution in [0.2, 0.25) is 5.02 Å². The predicted octanol–water partition coefficient (Wildman–Crippen LogP) is 2.85. The van der Waals surface area contributed by atoms with Gasteiger partial charge >= 0.3 is 6.09 Å². The molecule has 0 aromatic heterocycles. The van der Waals surface area contributed by atoms with Crippen LogP contribution >= 0.6 is 11.6 Å². The van der Waals surface area contributed by atoms with E-state index in [1.54, 1.807) is 12.1 Å². The zero-order chi connectivity index (χ0) is 15.1. The first kappa shape index (κ1) is 14.6. The van der Waals surface area contributed by atoms with Crippen molar-refractivity contribution in [1.29, 1.82) is 0 Å². The molecule has 3 rings (SSSR count). The number of piperazine rings is 1. The Balaban J connectivity index is 1.69. The van der Waals surface area contributed by atoms with E-state index in [0.717, 1.165) is 13.0 Å². The molecule has 3 unspecified atom stereocenters. The van der Waals surface area contributed by atoms with Gasteiger partial charge in [0.2, 0.25) is 0 Å². The summed E-state index contributed by atoms with van der Waals surface area (Å²) in [6, 6.07) is 5.20. The van der Waals surface area contributed by atoms with E-state index in [9.17, 15) is 9.18 Å². The van der Waals surface area contributed by atoms with Crippen molar-refractivity contribution in [3.8, 4) is 0 Å². The van der Waals surface area contributed by atoms with Crippen LogP contribution in [0, 0.1) is 5.82 Å². The molecule has 2 fully saturated rings. The number of amides is 1. The Morgan fingerprint density at radius 1 is 1.48 bits per heavy atom. The van der Waals surface area contributed by atoms with Crippen LogP contribution in [-0.2, 0) is 6.42 Å². The summed E-state index contributed by atoms with van der Waals surface area (Å²) in [5, 5.41) is 9.57. The number of likely N-dealkylation sites (tertiary alicyclic amines) is 2. The zero-order valence-corrected chi connectivity index (χ0v) is 12.6. The van der Waals surface area contributed by atoms with E-state index in [4.69, 9.17) is 16.7 Å². The van der Waals surface area contributed by atoms with Crippen molar-refractivity contribution < 1.29 is 14.3 Å². The molecule has 2 aliphatic rings. The van der Waals surface area contributed by atoms with E-state index in [0.29, 0.717) is 23.6 Å². The van der Waals surface area contributed by atoms with Crippen molar-refractivity contribution >= 4 is 17.7 Å². The van der Waals surface area contributed by atoms with Crippen LogP contribution in [0.25, 0.3) is 0 Å². The summed E-state index contributed by atoms with van der Waals surface area (Å²) in [7, 11) is 0. The van der Waals surface area contributed by atoms with Crippen LogP contribution in [0.15, 0.2) is 18.2 Å². The van der Waals surface area contributed by atoms with Gasteiger partial charge in [-0.25, -0.2) is 9.18 Å². The van der Waals surface area contributed by atoms with E-state index >= 15 is 0 Å². The van der Waals surface area contributed by atoms with Crippen LogP contribution in [0.5, 0.6) is 0 Å². The number of rotatable bonds is 3. The van der Waals surface area contributed by atoms with Gasteiger partial charge in [0, 0.05) is 41.8 Å². The summed E-state index contributed by atoms with van der Waals surface area (Å²) in [6.45, 7) is 3.33. The number of benzene rings is 1. The van der Waals surface area contributed by atoms with E-state index in [2.05, 4.69) is 11.8 Å². The third-order valence-corrected chi connectivity index (χ3v) is 5.01. The fourth-order valence-electron chi connectivity index (χ4n) is 3.61. The number of halogens is 2. The van der Waals surface area contributed by atoms with Gasteiger partial charge < -0.3 is 10.0 Å². The lowest BCUT2D eigenvalue weighted by molar-refractivity contribution is 0.0860. The van der Waals surface area contributed by atoms with Crippen molar-refractivity contribution in [2.24, 2.45) is 0 Å². The van der Waals surface area contributed by atoms with E-state index in [1.165, 1.54) is 11.0 Å². The molecule has 0 aliphatic carbocycles. The normalized spacial score (nSPS) is 26.3. The van der Waals surface area contributed by atoms with Crippen LogP contribution < -0.4 is 0 Å². The van der Waals surface area contributed by atoms with Gasteiger partial charge in [-0.05, 0) is 31.9 Å². The summed E-state index contributed by atoms with van der Waals surface area (Å²) in [5.74, 6) is -0.272. The van der Waals surface area contributed by atoms with E-state index < -0.39 is 6.09 Å². The fraction of sp³-hybridized carbons (Fsp3) is 0.533. The number of hydrogen-bond donors (Lipinski definition) is 1. The molecule has 114 valence electrons. The molecule has 21 heavy (non-hydrogen) atoms. The molecule has 0 spiro atoms. The van der Waals surface area contributed by atoms with Crippen LogP contribution in [0.1, 0.15) is 18.9 Å². The minimum Gasteiger partial charge on any atom is -0.465 e. The van der Waals surface area contributed by atoms with Gasteiger partial charge in [0.15, 0.2) is 0 Å². The van der Waals surface area contributed by atoms with Crippen molar-refractivity contribution in [2.45, 2.75) is 37.9 Å². The minimum atomic E-state index is -0.841. The van der Waals surface area contributed by atoms with Crippen molar-refractivity contribution in [3.63, 3.8) is 0 Å². The first-order valence-electron chi connectivity index (χ1n) is 7.15. The molecule has 1 amide bonds. The highest BCUT2D eigenvalue weighted by Gasteiger charge is 2.46. The maximum absolute atomic E-state index is 13.9. The topological polar surface area (TPSA) is 43.8 Å². The smallest absolute Gasteiger partial charge is 0.407 e. The van der Waals surface area contributed by atoms with Crippen molar-refractivity contribution in [2.75, 3.05) is 13.1 Å². The van der Waals surface area contributed by atoms with Crippen LogP contribution in [0.4, 0.5) is 9.18 Å². The van der Waals surface area contributed by atoms with E-state index in [1.807, 2.05) is 0 Å². The summed E-state index contributed by atoms with van der Waals surface area (Å²) in [6.07, 6.45) is 0.579. The van der Waals surface area contributed by atoms with Crippen molar-refractivity contribution in [1.82, 2.24) is 9.80 Å². The Hall–Kier alpha value is -1.33. The fourth-order valence-corrected chi connectivity index (χ4v) is 3.85. The molecular weight excluding hydrogens is 295 g/mol. The summed E-state index contributed by atoms with van der Waals surface area (Å²) in [4.78, 5) is 14.9. The molecule has 4 nitrogen and oxygen atoms in total. The largest absolute Gasteiger partial charge is 0.465 e. The molecule has 6 heteroatoms. The highest BCUT2D eigenvalue weighted by atomic mass is 35.5. The highest BCUT2D eigenvalue weighted by Crippen LogP contribution is 2.33. The third-order valence-electron chi connectivity index (χ3n) is 4.66. The van der Waals surface area contributed by atoms with Gasteiger partial charge in [-0.1, -0.05) is 17.7 Å². The molecule has 2 aliphatic heterocycles. The van der Waals surface area contributed by atoms with Gasteiger partial charge in [0.05, 0.1) is 0 Å². The van der Waals surface area contributed by atoms with Crippen molar-refractivity contribution in [3.05, 3.63) is 34.6 Å². The van der Waals surface area contributed by atoms with Gasteiger partial charge in [-0.3, -0.25) is 4.90 Å². The first-order chi connectivity index (χ1) is 9.97. The molecule has 1 N–H and O–H groups in total. The summed E-state index contributed by atoms with van der Waals surface area (Å²) >= 11 is 6.08. The summed E-state index contributed by atoms with van der Waals surface area (Å²) in [5.41, 5.74) is 0.546. The average molecular weight is 313 g/mol. The van der Waals surface area contributed by atoms with E-state index in [-0.39, 0.29) is 23.9 Å². The second-order valence-corrected chi connectivity index (χ2v) is 6.34. The Labute approximate surface area is 128 Å². The third kappa shape index (κ3) is 2.60. The SMILES string of the molecule is CC(Cc1c(F)cccc1Cl)N1CC2CC1CN2C(=O)O. The number of carboxylic acid groups (broad SMARTS) is 1. The van der Waals surface area contributed by atoms with Gasteiger partial charge in [0.25, 0.3) is 0 Å². The van der Waals surface area contributed by atoms with Gasteiger partial charge in [-0.2, -0.15) is 0 Å². The Kier molecular flexibility index (Phi) is 3.80. The maximum Gasteiger partial charge on any atom is 0.407 e. The quantitative estimate of drug-likeness (QED) is 0.933. The molecule has 2 heterocycles. The zero-order valence-electron chi connectivity index (χ0n) is 11.8. The number of hydrogen-bond acceptors (Lipinski definition) is 2. The van der Waals surface area contributed by atoms with Crippen LogP contribution in [-0.4, -0.2) is 52.2 Å². The molecule has 1 aromatic rings. The predicted molar refractivity (Wildman–Crippen MR) is 78.2 cm³/mol. The second-order valence-electron chi connectivity index (χ2n) is 5.93. The molecule has 0 saturated carbocycles.